The summed E-state index contributed by atoms with van der Waals surface area (Å²) in [5, 5.41) is 1.67. The zero-order chi connectivity index (χ0) is 18.8. The Morgan fingerprint density at radius 1 is 1.04 bits per heavy atom. The minimum absolute atomic E-state index is 0.626. The lowest BCUT2D eigenvalue weighted by atomic mass is 10.0. The second-order valence-corrected chi connectivity index (χ2v) is 8.33. The lowest BCUT2D eigenvalue weighted by molar-refractivity contribution is 0.748. The zero-order valence-electron chi connectivity index (χ0n) is 15.2. The summed E-state index contributed by atoms with van der Waals surface area (Å²) in [4.78, 5) is 12.3. The first kappa shape index (κ1) is 18.1. The maximum Gasteiger partial charge on any atom is 0.166 e. The van der Waals surface area contributed by atoms with E-state index in [-0.39, 0.29) is 0 Å². The number of nitrogens with one attached hydrogen (secondary N) is 1. The molecule has 27 heavy (non-hydrogen) atoms. The Morgan fingerprint density at radius 3 is 2.52 bits per heavy atom. The van der Waals surface area contributed by atoms with Gasteiger partial charge in [-0.1, -0.05) is 67.5 Å². The van der Waals surface area contributed by atoms with Crippen molar-refractivity contribution >= 4 is 34.4 Å². The number of imidazole rings is 1. The number of aromatic nitrogens is 3. The maximum atomic E-state index is 6.57. The number of pyridine rings is 1. The highest BCUT2D eigenvalue weighted by Crippen LogP contribution is 2.33. The van der Waals surface area contributed by atoms with Crippen LogP contribution in [0.1, 0.15) is 13.8 Å². The fraction of sp³-hybridized carbons (Fsp3) is 0.182. The lowest BCUT2D eigenvalue weighted by Gasteiger charge is -2.07. The summed E-state index contributed by atoms with van der Waals surface area (Å²) < 4.78 is 0. The third-order valence-corrected chi connectivity index (χ3v) is 5.91. The Balaban J connectivity index is 1.65. The molecule has 0 radical (unpaired) electrons. The Kier molecular flexibility index (Phi) is 5.19. The minimum atomic E-state index is 0.626. The number of fused-ring (bicyclic) bond motifs is 1. The molecule has 0 unspecified atom stereocenters. The fourth-order valence-corrected chi connectivity index (χ4v) is 4.03. The van der Waals surface area contributed by atoms with E-state index in [1.807, 2.05) is 18.3 Å². The van der Waals surface area contributed by atoms with Gasteiger partial charge in [-0.2, -0.15) is 0 Å². The van der Waals surface area contributed by atoms with Crippen molar-refractivity contribution in [3.63, 3.8) is 0 Å². The van der Waals surface area contributed by atoms with Crippen LogP contribution in [-0.4, -0.2) is 20.7 Å². The van der Waals surface area contributed by atoms with Gasteiger partial charge in [0, 0.05) is 23.7 Å². The summed E-state index contributed by atoms with van der Waals surface area (Å²) in [6, 6.07) is 16.4. The second-order valence-electron chi connectivity index (χ2n) is 6.92. The number of aromatic amines is 1. The van der Waals surface area contributed by atoms with Gasteiger partial charge >= 0.3 is 0 Å². The molecule has 3 nitrogen and oxygen atoms in total. The van der Waals surface area contributed by atoms with Crippen LogP contribution in [0.2, 0.25) is 5.02 Å². The van der Waals surface area contributed by atoms with Gasteiger partial charge < -0.3 is 4.98 Å². The van der Waals surface area contributed by atoms with E-state index >= 15 is 0 Å². The number of H-pyrrole nitrogens is 1. The summed E-state index contributed by atoms with van der Waals surface area (Å²) in [5.74, 6) is 1.66. The smallest absolute Gasteiger partial charge is 0.166 e. The van der Waals surface area contributed by atoms with Crippen molar-refractivity contribution in [2.75, 3.05) is 5.75 Å². The van der Waals surface area contributed by atoms with Crippen LogP contribution in [0.5, 0.6) is 0 Å². The third-order valence-electron chi connectivity index (χ3n) is 4.29. The van der Waals surface area contributed by atoms with Gasteiger partial charge in [0.1, 0.15) is 0 Å². The number of nitrogens with zero attached hydrogens (tertiary/aromatic N) is 2. The number of benzene rings is 2. The molecule has 4 aromatic rings. The molecule has 1 N–H and O–H groups in total. The van der Waals surface area contributed by atoms with Gasteiger partial charge in [-0.25, -0.2) is 4.98 Å². The summed E-state index contributed by atoms with van der Waals surface area (Å²) in [6.45, 7) is 4.42. The third kappa shape index (κ3) is 4.02. The van der Waals surface area contributed by atoms with E-state index in [0.717, 1.165) is 49.2 Å². The predicted octanol–water partition coefficient (Wildman–Crippen LogP) is 6.69. The normalized spacial score (nSPS) is 11.4. The zero-order valence-corrected chi connectivity index (χ0v) is 16.8. The first-order valence-electron chi connectivity index (χ1n) is 8.93. The average molecular weight is 394 g/mol. The number of hydrogen-bond acceptors (Lipinski definition) is 3. The molecule has 0 aliphatic heterocycles. The molecule has 0 saturated carbocycles. The van der Waals surface area contributed by atoms with Gasteiger partial charge in [0.05, 0.1) is 16.1 Å². The van der Waals surface area contributed by atoms with Gasteiger partial charge in [0.2, 0.25) is 0 Å². The second kappa shape index (κ2) is 7.75. The monoisotopic (exact) mass is 393 g/mol. The van der Waals surface area contributed by atoms with Crippen LogP contribution in [0, 0.1) is 5.92 Å². The van der Waals surface area contributed by atoms with E-state index in [1.165, 1.54) is 0 Å². The molecule has 0 aliphatic rings. The number of rotatable bonds is 5. The van der Waals surface area contributed by atoms with Crippen molar-refractivity contribution in [1.29, 1.82) is 0 Å². The van der Waals surface area contributed by atoms with E-state index in [4.69, 9.17) is 16.6 Å². The molecule has 0 amide bonds. The van der Waals surface area contributed by atoms with Gasteiger partial charge in [-0.3, -0.25) is 4.98 Å². The van der Waals surface area contributed by atoms with Gasteiger partial charge in [0.25, 0.3) is 0 Å². The van der Waals surface area contributed by atoms with Crippen molar-refractivity contribution in [2.24, 2.45) is 5.92 Å². The number of halogens is 1. The quantitative estimate of drug-likeness (QED) is 0.384. The molecule has 0 fully saturated rings. The Bertz CT molecular complexity index is 1060. The van der Waals surface area contributed by atoms with Gasteiger partial charge in [-0.05, 0) is 40.8 Å². The van der Waals surface area contributed by atoms with Crippen molar-refractivity contribution in [1.82, 2.24) is 15.0 Å². The minimum Gasteiger partial charge on any atom is -0.333 e. The van der Waals surface area contributed by atoms with Crippen LogP contribution >= 0.6 is 23.4 Å². The van der Waals surface area contributed by atoms with E-state index in [1.54, 1.807) is 18.0 Å². The van der Waals surface area contributed by atoms with Gasteiger partial charge in [0.15, 0.2) is 5.16 Å². The van der Waals surface area contributed by atoms with Crippen molar-refractivity contribution in [2.45, 2.75) is 19.0 Å². The van der Waals surface area contributed by atoms with Crippen LogP contribution in [-0.2, 0) is 0 Å². The standard InChI is InChI=1S/C22H20ClN3S/c1-14(2)13-27-22-25-20-10-18(19(23)11-21(20)26-22)16-7-5-15(6-8-16)17-4-3-9-24-12-17/h3-12,14H,13H2,1-2H3,(H,25,26). The van der Waals surface area contributed by atoms with E-state index < -0.39 is 0 Å². The molecule has 0 atom stereocenters. The molecule has 0 aliphatic carbocycles. The first-order chi connectivity index (χ1) is 13.1. The van der Waals surface area contributed by atoms with E-state index in [2.05, 4.69) is 60.2 Å². The predicted molar refractivity (Wildman–Crippen MR) is 115 cm³/mol. The van der Waals surface area contributed by atoms with Crippen LogP contribution in [0.4, 0.5) is 0 Å². The molecule has 2 heterocycles. The van der Waals surface area contributed by atoms with Crippen LogP contribution in [0.3, 0.4) is 0 Å². The highest BCUT2D eigenvalue weighted by Gasteiger charge is 2.11. The molecule has 4 rings (SSSR count). The Morgan fingerprint density at radius 2 is 1.81 bits per heavy atom. The van der Waals surface area contributed by atoms with Crippen LogP contribution in [0.15, 0.2) is 66.1 Å². The first-order valence-corrected chi connectivity index (χ1v) is 10.3. The van der Waals surface area contributed by atoms with Crippen LogP contribution < -0.4 is 0 Å². The van der Waals surface area contributed by atoms with Crippen molar-refractivity contribution in [3.05, 3.63) is 65.9 Å². The highest BCUT2D eigenvalue weighted by molar-refractivity contribution is 7.99. The largest absolute Gasteiger partial charge is 0.333 e. The van der Waals surface area contributed by atoms with Gasteiger partial charge in [-0.15, -0.1) is 0 Å². The fourth-order valence-electron chi connectivity index (χ4n) is 2.92. The molecule has 2 aromatic carbocycles. The van der Waals surface area contributed by atoms with E-state index in [9.17, 15) is 0 Å². The van der Waals surface area contributed by atoms with Crippen molar-refractivity contribution < 1.29 is 0 Å². The molecule has 0 spiro atoms. The highest BCUT2D eigenvalue weighted by atomic mass is 35.5. The molecular formula is C22H20ClN3S. The Hall–Kier alpha value is -2.30. The molecule has 0 saturated heterocycles. The molecule has 136 valence electrons. The summed E-state index contributed by atoms with van der Waals surface area (Å²) in [6.07, 6.45) is 3.65. The Labute approximate surface area is 168 Å². The summed E-state index contributed by atoms with van der Waals surface area (Å²) in [7, 11) is 0. The maximum absolute atomic E-state index is 6.57. The van der Waals surface area contributed by atoms with Crippen molar-refractivity contribution in [3.8, 4) is 22.3 Å². The van der Waals surface area contributed by atoms with Crippen LogP contribution in [0.25, 0.3) is 33.3 Å². The average Bonchev–Trinajstić information content (AvgIpc) is 3.08. The summed E-state index contributed by atoms with van der Waals surface area (Å²) >= 11 is 8.31. The molecule has 2 aromatic heterocycles. The molecular weight excluding hydrogens is 374 g/mol. The molecule has 5 heteroatoms. The van der Waals surface area contributed by atoms with E-state index in [0.29, 0.717) is 5.92 Å². The number of hydrogen-bond donors (Lipinski definition) is 1. The summed E-state index contributed by atoms with van der Waals surface area (Å²) in [5.41, 5.74) is 6.22. The number of thioether (sulfide) groups is 1. The lowest BCUT2D eigenvalue weighted by Crippen LogP contribution is -1.90. The molecule has 0 bridgehead atoms. The SMILES string of the molecule is CC(C)CSc1nc2cc(-c3ccc(-c4cccnc4)cc3)c(Cl)cc2[nH]1. The topological polar surface area (TPSA) is 41.6 Å².